The molecule has 0 aliphatic heterocycles. The maximum absolute atomic E-state index is 14.0. The number of halogens is 4. The molecule has 1 unspecified atom stereocenters. The van der Waals surface area contributed by atoms with E-state index in [-0.39, 0.29) is 39.6 Å². The van der Waals surface area contributed by atoms with E-state index in [4.69, 9.17) is 46.4 Å². The summed E-state index contributed by atoms with van der Waals surface area (Å²) < 4.78 is 26.5. The maximum atomic E-state index is 14.0. The number of anilines is 1. The molecule has 0 aromatic heterocycles. The monoisotopic (exact) mass is 629 g/mol. The molecule has 0 aliphatic carbocycles. The third kappa shape index (κ3) is 8.50. The van der Waals surface area contributed by atoms with Crippen LogP contribution in [0, 0.1) is 0 Å². The van der Waals surface area contributed by atoms with E-state index in [1.54, 1.807) is 25.1 Å². The number of amides is 2. The molecule has 1 N–H and O–H groups in total. The van der Waals surface area contributed by atoms with E-state index in [0.717, 1.165) is 16.1 Å². The number of hydrogen-bond donors (Lipinski definition) is 1. The first kappa shape index (κ1) is 31.0. The highest BCUT2D eigenvalue weighted by atomic mass is 35.5. The Morgan fingerprint density at radius 3 is 2.15 bits per heavy atom. The lowest BCUT2D eigenvalue weighted by atomic mass is 10.0. The molecule has 0 radical (unpaired) electrons. The Labute approximate surface area is 248 Å². The lowest BCUT2D eigenvalue weighted by Crippen LogP contribution is -2.53. The Bertz CT molecular complexity index is 1440. The van der Waals surface area contributed by atoms with E-state index in [1.165, 1.54) is 23.1 Å². The fourth-order valence-electron chi connectivity index (χ4n) is 3.95. The highest BCUT2D eigenvalue weighted by Crippen LogP contribution is 2.31. The van der Waals surface area contributed by atoms with Gasteiger partial charge in [0.2, 0.25) is 21.8 Å². The van der Waals surface area contributed by atoms with Crippen LogP contribution in [0.1, 0.15) is 18.1 Å². The summed E-state index contributed by atoms with van der Waals surface area (Å²) in [7, 11) is -3.98. The minimum atomic E-state index is -3.98. The molecule has 3 rings (SSSR count). The van der Waals surface area contributed by atoms with E-state index in [1.807, 2.05) is 30.3 Å². The van der Waals surface area contributed by atoms with Gasteiger partial charge in [-0.3, -0.25) is 13.9 Å². The van der Waals surface area contributed by atoms with Crippen molar-refractivity contribution in [1.29, 1.82) is 0 Å². The van der Waals surface area contributed by atoms with E-state index >= 15 is 0 Å². The van der Waals surface area contributed by atoms with Crippen molar-refractivity contribution in [2.45, 2.75) is 25.9 Å². The van der Waals surface area contributed by atoms with Gasteiger partial charge >= 0.3 is 0 Å². The zero-order valence-electron chi connectivity index (χ0n) is 21.2. The molecule has 12 heteroatoms. The van der Waals surface area contributed by atoms with Crippen LogP contribution in [0.3, 0.4) is 0 Å². The second kappa shape index (κ2) is 13.7. The Morgan fingerprint density at radius 2 is 1.54 bits per heavy atom. The van der Waals surface area contributed by atoms with Crippen LogP contribution in [0.5, 0.6) is 0 Å². The molecule has 7 nitrogen and oxygen atoms in total. The van der Waals surface area contributed by atoms with E-state index in [9.17, 15) is 18.0 Å². The third-order valence-electron chi connectivity index (χ3n) is 5.82. The lowest BCUT2D eigenvalue weighted by Gasteiger charge is -2.33. The predicted octanol–water partition coefficient (Wildman–Crippen LogP) is 5.84. The zero-order valence-corrected chi connectivity index (χ0v) is 25.0. The fourth-order valence-corrected chi connectivity index (χ4v) is 5.56. The van der Waals surface area contributed by atoms with Crippen molar-refractivity contribution < 1.29 is 18.0 Å². The number of likely N-dealkylation sites (N-methyl/N-ethyl adjacent to an activating group) is 1. The molecule has 0 saturated carbocycles. The van der Waals surface area contributed by atoms with Gasteiger partial charge in [0.25, 0.3) is 0 Å². The van der Waals surface area contributed by atoms with Gasteiger partial charge < -0.3 is 10.2 Å². The van der Waals surface area contributed by atoms with Crippen molar-refractivity contribution in [3.63, 3.8) is 0 Å². The molecular formula is C27H27Cl4N3O4S. The molecule has 0 fully saturated rings. The molecule has 208 valence electrons. The average Bonchev–Trinajstić information content (AvgIpc) is 2.88. The number of nitrogens with one attached hydrogen (secondary N) is 1. The SMILES string of the molecule is CCNC(=O)C(Cc1ccccc1)N(Cc1ccc(Cl)c(Cl)c1)C(=O)CN(c1cc(Cl)ccc1Cl)S(C)(=O)=O. The summed E-state index contributed by atoms with van der Waals surface area (Å²) in [5.74, 6) is -1.02. The number of hydrogen-bond acceptors (Lipinski definition) is 4. The van der Waals surface area contributed by atoms with Crippen LogP contribution in [-0.2, 0) is 32.6 Å². The molecule has 3 aromatic rings. The smallest absolute Gasteiger partial charge is 0.244 e. The minimum Gasteiger partial charge on any atom is -0.355 e. The van der Waals surface area contributed by atoms with Crippen molar-refractivity contribution in [2.24, 2.45) is 0 Å². The molecule has 2 amide bonds. The zero-order chi connectivity index (χ0) is 28.7. The van der Waals surface area contributed by atoms with Gasteiger partial charge in [-0.25, -0.2) is 8.42 Å². The van der Waals surface area contributed by atoms with Gasteiger partial charge in [-0.05, 0) is 48.4 Å². The largest absolute Gasteiger partial charge is 0.355 e. The number of nitrogens with zero attached hydrogens (tertiary/aromatic N) is 2. The Kier molecular flexibility index (Phi) is 10.9. The van der Waals surface area contributed by atoms with E-state index in [0.29, 0.717) is 17.1 Å². The van der Waals surface area contributed by atoms with Crippen LogP contribution in [-0.4, -0.2) is 50.5 Å². The molecule has 1 atom stereocenters. The lowest BCUT2D eigenvalue weighted by molar-refractivity contribution is -0.140. The van der Waals surface area contributed by atoms with Gasteiger partial charge in [-0.15, -0.1) is 0 Å². The summed E-state index contributed by atoms with van der Waals surface area (Å²) in [5.41, 5.74) is 1.47. The highest BCUT2D eigenvalue weighted by Gasteiger charge is 2.33. The Balaban J connectivity index is 2.08. The van der Waals surface area contributed by atoms with Crippen molar-refractivity contribution in [3.8, 4) is 0 Å². The first-order valence-corrected chi connectivity index (χ1v) is 15.2. The molecule has 3 aromatic carbocycles. The number of carbonyl (C=O) groups is 2. The summed E-state index contributed by atoms with van der Waals surface area (Å²) >= 11 is 24.7. The van der Waals surface area contributed by atoms with Gasteiger partial charge in [-0.1, -0.05) is 82.8 Å². The van der Waals surface area contributed by atoms with Crippen molar-refractivity contribution in [1.82, 2.24) is 10.2 Å². The summed E-state index contributed by atoms with van der Waals surface area (Å²) in [6.45, 7) is 1.46. The Hall–Kier alpha value is -2.49. The van der Waals surface area contributed by atoms with Crippen LogP contribution in [0.15, 0.2) is 66.7 Å². The minimum absolute atomic E-state index is 0.0365. The van der Waals surface area contributed by atoms with E-state index < -0.39 is 28.5 Å². The maximum Gasteiger partial charge on any atom is 0.244 e. The number of carbonyl (C=O) groups excluding carboxylic acids is 2. The summed E-state index contributed by atoms with van der Waals surface area (Å²) in [4.78, 5) is 28.6. The topological polar surface area (TPSA) is 86.8 Å². The van der Waals surface area contributed by atoms with Crippen LogP contribution in [0.2, 0.25) is 20.1 Å². The van der Waals surface area contributed by atoms with Crippen LogP contribution < -0.4 is 9.62 Å². The second-order valence-corrected chi connectivity index (χ2v) is 12.3. The van der Waals surface area contributed by atoms with Gasteiger partial charge in [0, 0.05) is 24.5 Å². The molecule has 0 aliphatic rings. The summed E-state index contributed by atoms with van der Waals surface area (Å²) in [5, 5.41) is 3.74. The van der Waals surface area contributed by atoms with Gasteiger partial charge in [-0.2, -0.15) is 0 Å². The fraction of sp³-hybridized carbons (Fsp3) is 0.259. The highest BCUT2D eigenvalue weighted by molar-refractivity contribution is 7.92. The summed E-state index contributed by atoms with van der Waals surface area (Å²) in [6, 6.07) is 17.5. The van der Waals surface area contributed by atoms with Crippen molar-refractivity contribution >= 4 is 73.9 Å². The average molecular weight is 631 g/mol. The van der Waals surface area contributed by atoms with E-state index in [2.05, 4.69) is 5.32 Å². The first-order chi connectivity index (χ1) is 18.4. The molecular weight excluding hydrogens is 604 g/mol. The normalized spacial score (nSPS) is 12.1. The molecule has 0 heterocycles. The van der Waals surface area contributed by atoms with Crippen molar-refractivity contribution in [2.75, 3.05) is 23.7 Å². The third-order valence-corrected chi connectivity index (χ3v) is 8.24. The van der Waals surface area contributed by atoms with Crippen molar-refractivity contribution in [3.05, 3.63) is 97.9 Å². The number of rotatable bonds is 11. The van der Waals surface area contributed by atoms with Gasteiger partial charge in [0.1, 0.15) is 12.6 Å². The molecule has 0 spiro atoms. The quantitative estimate of drug-likeness (QED) is 0.288. The molecule has 0 saturated heterocycles. The molecule has 39 heavy (non-hydrogen) atoms. The first-order valence-electron chi connectivity index (χ1n) is 11.9. The number of benzene rings is 3. The summed E-state index contributed by atoms with van der Waals surface area (Å²) in [6.07, 6.45) is 1.16. The molecule has 0 bridgehead atoms. The number of sulfonamides is 1. The Morgan fingerprint density at radius 1 is 0.872 bits per heavy atom. The standard InChI is InChI=1S/C27H27Cl4N3O4S/c1-3-32-27(36)25(14-18-7-5-4-6-8-18)33(16-19-9-11-21(29)23(31)13-19)26(35)17-34(39(2,37)38)24-15-20(28)10-12-22(24)30/h4-13,15,25H,3,14,16-17H2,1-2H3,(H,32,36). The van der Waals surface area contributed by atoms with Crippen LogP contribution >= 0.6 is 46.4 Å². The second-order valence-electron chi connectivity index (χ2n) is 8.74. The van der Waals surface area contributed by atoms with Gasteiger partial charge in [0.15, 0.2) is 0 Å². The predicted molar refractivity (Wildman–Crippen MR) is 158 cm³/mol. The van der Waals surface area contributed by atoms with Gasteiger partial charge in [0.05, 0.1) is 27.0 Å². The van der Waals surface area contributed by atoms with Crippen LogP contribution in [0.4, 0.5) is 5.69 Å². The van der Waals surface area contributed by atoms with Crippen LogP contribution in [0.25, 0.3) is 0 Å².